The van der Waals surface area contributed by atoms with Crippen molar-refractivity contribution in [1.82, 2.24) is 9.80 Å². The van der Waals surface area contributed by atoms with Gasteiger partial charge in [0.05, 0.1) is 12.0 Å². The maximum Gasteiger partial charge on any atom is 0.0672 e. The summed E-state index contributed by atoms with van der Waals surface area (Å²) in [5.74, 6) is 1.02. The van der Waals surface area contributed by atoms with Crippen LogP contribution in [0.25, 0.3) is 0 Å². The van der Waals surface area contributed by atoms with Gasteiger partial charge >= 0.3 is 0 Å². The summed E-state index contributed by atoms with van der Waals surface area (Å²) in [4.78, 5) is 5.19. The summed E-state index contributed by atoms with van der Waals surface area (Å²) in [6.45, 7) is 15.2. The first-order chi connectivity index (χ1) is 9.95. The molecular weight excluding hydrogens is 258 g/mol. The van der Waals surface area contributed by atoms with Gasteiger partial charge in [-0.05, 0) is 43.6 Å². The van der Waals surface area contributed by atoms with Crippen molar-refractivity contribution in [2.45, 2.75) is 59.4 Å². The van der Waals surface area contributed by atoms with Crippen LogP contribution in [0.5, 0.6) is 0 Å². The monoisotopic (exact) mass is 291 g/mol. The molecule has 1 aliphatic carbocycles. The van der Waals surface area contributed by atoms with E-state index in [4.69, 9.17) is 0 Å². The summed E-state index contributed by atoms with van der Waals surface area (Å²) in [6.07, 6.45) is 4.79. The third-order valence-corrected chi connectivity index (χ3v) is 5.62. The fourth-order valence-corrected chi connectivity index (χ4v) is 4.12. The van der Waals surface area contributed by atoms with Gasteiger partial charge in [-0.1, -0.05) is 27.7 Å². The summed E-state index contributed by atoms with van der Waals surface area (Å²) in [7, 11) is 0. The molecule has 0 radical (unpaired) electrons. The molecule has 0 N–H and O–H groups in total. The van der Waals surface area contributed by atoms with Crippen molar-refractivity contribution in [3.8, 4) is 6.07 Å². The van der Waals surface area contributed by atoms with Gasteiger partial charge in [0, 0.05) is 32.2 Å². The van der Waals surface area contributed by atoms with Crippen LogP contribution in [0.15, 0.2) is 0 Å². The highest BCUT2D eigenvalue weighted by atomic mass is 15.3. The van der Waals surface area contributed by atoms with Crippen molar-refractivity contribution in [2.75, 3.05) is 32.7 Å². The van der Waals surface area contributed by atoms with Gasteiger partial charge in [0.1, 0.15) is 0 Å². The molecule has 3 atom stereocenters. The molecule has 0 bridgehead atoms. The second-order valence-electron chi connectivity index (χ2n) is 8.06. The molecule has 1 saturated heterocycles. The fraction of sp³-hybridized carbons (Fsp3) is 0.944. The molecule has 0 amide bonds. The van der Waals surface area contributed by atoms with Crippen LogP contribution in [0, 0.1) is 28.6 Å². The van der Waals surface area contributed by atoms with E-state index >= 15 is 0 Å². The van der Waals surface area contributed by atoms with Gasteiger partial charge in [0.2, 0.25) is 0 Å². The minimum atomic E-state index is 0.251. The third kappa shape index (κ3) is 4.20. The summed E-state index contributed by atoms with van der Waals surface area (Å²) in [5, 5.41) is 9.53. The van der Waals surface area contributed by atoms with E-state index in [-0.39, 0.29) is 5.92 Å². The fourth-order valence-electron chi connectivity index (χ4n) is 4.12. The van der Waals surface area contributed by atoms with Crippen molar-refractivity contribution in [3.63, 3.8) is 0 Å². The van der Waals surface area contributed by atoms with Gasteiger partial charge in [0.15, 0.2) is 0 Å². The van der Waals surface area contributed by atoms with E-state index in [1.165, 1.54) is 38.9 Å². The van der Waals surface area contributed by atoms with Gasteiger partial charge in [0.25, 0.3) is 0 Å². The summed E-state index contributed by atoms with van der Waals surface area (Å²) in [6, 6.07) is 3.10. The molecule has 1 heterocycles. The van der Waals surface area contributed by atoms with Gasteiger partial charge in [-0.2, -0.15) is 5.26 Å². The largest absolute Gasteiger partial charge is 0.301 e. The third-order valence-electron chi connectivity index (χ3n) is 5.62. The molecule has 3 unspecified atom stereocenters. The van der Waals surface area contributed by atoms with Crippen LogP contribution >= 0.6 is 0 Å². The molecule has 2 fully saturated rings. The van der Waals surface area contributed by atoms with Crippen LogP contribution in [0.2, 0.25) is 0 Å². The first kappa shape index (κ1) is 16.8. The van der Waals surface area contributed by atoms with E-state index in [1.807, 2.05) is 0 Å². The van der Waals surface area contributed by atoms with Gasteiger partial charge in [-0.3, -0.25) is 4.90 Å². The Morgan fingerprint density at radius 2 is 1.76 bits per heavy atom. The van der Waals surface area contributed by atoms with Crippen molar-refractivity contribution < 1.29 is 0 Å². The van der Waals surface area contributed by atoms with Crippen LogP contribution in [0.1, 0.15) is 53.4 Å². The minimum Gasteiger partial charge on any atom is -0.301 e. The van der Waals surface area contributed by atoms with Gasteiger partial charge in [-0.15, -0.1) is 0 Å². The van der Waals surface area contributed by atoms with Crippen molar-refractivity contribution in [2.24, 2.45) is 17.3 Å². The lowest BCUT2D eigenvalue weighted by atomic mass is 9.67. The molecule has 1 saturated carbocycles. The van der Waals surface area contributed by atoms with E-state index in [9.17, 15) is 5.26 Å². The Morgan fingerprint density at radius 3 is 2.29 bits per heavy atom. The minimum absolute atomic E-state index is 0.251. The first-order valence-corrected chi connectivity index (χ1v) is 8.81. The van der Waals surface area contributed by atoms with Crippen LogP contribution in [0.3, 0.4) is 0 Å². The molecule has 0 spiro atoms. The topological polar surface area (TPSA) is 30.3 Å². The molecule has 0 aromatic rings. The summed E-state index contributed by atoms with van der Waals surface area (Å²) < 4.78 is 0. The Balaban J connectivity index is 1.97. The quantitative estimate of drug-likeness (QED) is 0.798. The lowest BCUT2D eigenvalue weighted by Crippen LogP contribution is -2.54. The zero-order valence-corrected chi connectivity index (χ0v) is 14.4. The molecule has 0 aromatic heterocycles. The van der Waals surface area contributed by atoms with E-state index < -0.39 is 0 Å². The Hall–Kier alpha value is -0.590. The van der Waals surface area contributed by atoms with Crippen LogP contribution in [-0.4, -0.2) is 48.6 Å². The smallest absolute Gasteiger partial charge is 0.0672 e. The Labute approximate surface area is 131 Å². The Kier molecular flexibility index (Phi) is 5.68. The average molecular weight is 291 g/mol. The SMILES string of the molecule is CCCN1CCN(C2CC(C(C)(C)C)CCC2C#N)CC1. The molecule has 2 aliphatic rings. The second-order valence-corrected chi connectivity index (χ2v) is 8.06. The predicted octanol–water partition coefficient (Wildman–Crippen LogP) is 3.37. The van der Waals surface area contributed by atoms with E-state index in [2.05, 4.69) is 43.6 Å². The van der Waals surface area contributed by atoms with Crippen LogP contribution in [-0.2, 0) is 0 Å². The average Bonchev–Trinajstić information content (AvgIpc) is 2.47. The van der Waals surface area contributed by atoms with Gasteiger partial charge < -0.3 is 4.90 Å². The van der Waals surface area contributed by atoms with Crippen LogP contribution < -0.4 is 0 Å². The molecule has 2 rings (SSSR count). The van der Waals surface area contributed by atoms with E-state index in [0.717, 1.165) is 25.4 Å². The highest BCUT2D eigenvalue weighted by Gasteiger charge is 2.39. The maximum atomic E-state index is 9.53. The van der Waals surface area contributed by atoms with E-state index in [0.29, 0.717) is 11.5 Å². The Bertz CT molecular complexity index is 358. The lowest BCUT2D eigenvalue weighted by Gasteiger charge is -2.46. The van der Waals surface area contributed by atoms with E-state index in [1.54, 1.807) is 0 Å². The second kappa shape index (κ2) is 7.11. The predicted molar refractivity (Wildman–Crippen MR) is 88.0 cm³/mol. The number of piperazine rings is 1. The highest BCUT2D eigenvalue weighted by Crippen LogP contribution is 2.41. The normalized spacial score (nSPS) is 32.8. The standard InChI is InChI=1S/C18H33N3/c1-5-8-20-9-11-21(12-10-20)17-13-16(18(2,3)4)7-6-15(17)14-19/h15-17H,5-13H2,1-4H3. The molecule has 21 heavy (non-hydrogen) atoms. The number of nitriles is 1. The number of hydrogen-bond acceptors (Lipinski definition) is 3. The molecule has 3 nitrogen and oxygen atoms in total. The highest BCUT2D eigenvalue weighted by molar-refractivity contribution is 5.00. The molecule has 1 aliphatic heterocycles. The zero-order valence-electron chi connectivity index (χ0n) is 14.4. The molecule has 3 heteroatoms. The number of hydrogen-bond donors (Lipinski definition) is 0. The number of rotatable bonds is 3. The molecular formula is C18H33N3. The maximum absolute atomic E-state index is 9.53. The molecule has 0 aromatic carbocycles. The van der Waals surface area contributed by atoms with Crippen molar-refractivity contribution >= 4 is 0 Å². The zero-order chi connectivity index (χ0) is 15.5. The van der Waals surface area contributed by atoms with Crippen molar-refractivity contribution in [1.29, 1.82) is 5.26 Å². The van der Waals surface area contributed by atoms with Crippen LogP contribution in [0.4, 0.5) is 0 Å². The number of nitrogens with zero attached hydrogens (tertiary/aromatic N) is 3. The molecule has 120 valence electrons. The Morgan fingerprint density at radius 1 is 1.10 bits per heavy atom. The first-order valence-electron chi connectivity index (χ1n) is 8.81. The summed E-state index contributed by atoms with van der Waals surface area (Å²) in [5.41, 5.74) is 0.378. The van der Waals surface area contributed by atoms with Crippen molar-refractivity contribution in [3.05, 3.63) is 0 Å². The van der Waals surface area contributed by atoms with Gasteiger partial charge in [-0.25, -0.2) is 0 Å². The summed E-state index contributed by atoms with van der Waals surface area (Å²) >= 11 is 0. The lowest BCUT2D eigenvalue weighted by molar-refractivity contribution is 0.0277.